The third-order valence-electron chi connectivity index (χ3n) is 4.39. The van der Waals surface area contributed by atoms with E-state index in [0.717, 1.165) is 5.56 Å². The Morgan fingerprint density at radius 1 is 1.31 bits per heavy atom. The third kappa shape index (κ3) is 4.66. The lowest BCUT2D eigenvalue weighted by Crippen LogP contribution is -2.31. The second-order valence-electron chi connectivity index (χ2n) is 7.05. The zero-order valence-electron chi connectivity index (χ0n) is 16.5. The molecule has 10 nitrogen and oxygen atoms in total. The predicted octanol–water partition coefficient (Wildman–Crippen LogP) is -0.0357. The van der Waals surface area contributed by atoms with Gasteiger partial charge in [0.2, 0.25) is 5.95 Å². The number of aliphatic hydroxyl groups is 2. The highest BCUT2D eigenvalue weighted by Crippen LogP contribution is 2.17. The molecule has 0 aliphatic rings. The van der Waals surface area contributed by atoms with E-state index >= 15 is 0 Å². The van der Waals surface area contributed by atoms with Gasteiger partial charge in [-0.25, -0.2) is 4.79 Å². The summed E-state index contributed by atoms with van der Waals surface area (Å²) in [6.45, 7) is 3.74. The van der Waals surface area contributed by atoms with Gasteiger partial charge in [-0.15, -0.1) is 0 Å². The maximum Gasteiger partial charge on any atom is 0.329 e. The number of hydrogen-bond donors (Lipinski definition) is 4. The third-order valence-corrected chi connectivity index (χ3v) is 4.39. The number of aryl methyl sites for hydroxylation is 2. The first kappa shape index (κ1) is 20.6. The van der Waals surface area contributed by atoms with Gasteiger partial charge in [0.25, 0.3) is 5.56 Å². The largest absolute Gasteiger partial charge is 0.491 e. The van der Waals surface area contributed by atoms with Gasteiger partial charge in [-0.05, 0) is 31.5 Å². The van der Waals surface area contributed by atoms with Crippen molar-refractivity contribution in [3.8, 4) is 5.75 Å². The molecule has 3 aromatic rings. The van der Waals surface area contributed by atoms with Gasteiger partial charge in [0, 0.05) is 13.6 Å². The second kappa shape index (κ2) is 8.50. The Bertz CT molecular complexity index is 1110. The van der Waals surface area contributed by atoms with Gasteiger partial charge in [0.15, 0.2) is 11.2 Å². The Morgan fingerprint density at radius 3 is 2.76 bits per heavy atom. The van der Waals surface area contributed by atoms with Crippen molar-refractivity contribution in [2.24, 2.45) is 7.05 Å². The minimum absolute atomic E-state index is 0.00262. The van der Waals surface area contributed by atoms with Crippen LogP contribution in [0.1, 0.15) is 12.5 Å². The molecule has 0 aliphatic carbocycles. The number of fused-ring (bicyclic) bond motifs is 1. The first-order valence-electron chi connectivity index (χ1n) is 9.25. The van der Waals surface area contributed by atoms with E-state index in [-0.39, 0.29) is 36.8 Å². The molecule has 0 radical (unpaired) electrons. The van der Waals surface area contributed by atoms with Gasteiger partial charge in [-0.2, -0.15) is 4.98 Å². The molecule has 0 unspecified atom stereocenters. The van der Waals surface area contributed by atoms with E-state index in [1.807, 2.05) is 25.1 Å². The van der Waals surface area contributed by atoms with Crippen LogP contribution in [0, 0.1) is 6.92 Å². The Kier molecular flexibility index (Phi) is 6.04. The lowest BCUT2D eigenvalue weighted by molar-refractivity contribution is 0.0937. The standard InChI is InChI=1S/C19H25N5O5/c1-11-5-4-6-14(7-11)29-10-13(26)9-24-15-16(21-18(24)20-8-12(2)25)23(3)19(28)22-17(15)27/h4-7,12-13,25-26H,8-10H2,1-3H3,(H,20,21)(H,22,27,28)/t12-,13+/m0/s1. The van der Waals surface area contributed by atoms with Crippen LogP contribution in [0.5, 0.6) is 5.75 Å². The Balaban J connectivity index is 1.89. The smallest absolute Gasteiger partial charge is 0.329 e. The van der Waals surface area contributed by atoms with Crippen LogP contribution >= 0.6 is 0 Å². The minimum atomic E-state index is -0.948. The lowest BCUT2D eigenvalue weighted by atomic mass is 10.2. The molecule has 29 heavy (non-hydrogen) atoms. The number of anilines is 1. The highest BCUT2D eigenvalue weighted by molar-refractivity contribution is 5.74. The van der Waals surface area contributed by atoms with Crippen LogP contribution in [-0.4, -0.2) is 54.7 Å². The number of ether oxygens (including phenoxy) is 1. The molecule has 2 atom stereocenters. The molecule has 156 valence electrons. The van der Waals surface area contributed by atoms with Crippen molar-refractivity contribution < 1.29 is 14.9 Å². The maximum absolute atomic E-state index is 12.4. The lowest BCUT2D eigenvalue weighted by Gasteiger charge is -2.16. The van der Waals surface area contributed by atoms with Crippen LogP contribution < -0.4 is 21.3 Å². The predicted molar refractivity (Wildman–Crippen MR) is 108 cm³/mol. The first-order valence-corrected chi connectivity index (χ1v) is 9.25. The zero-order valence-corrected chi connectivity index (χ0v) is 16.5. The van der Waals surface area contributed by atoms with Crippen LogP contribution in [0.4, 0.5) is 5.95 Å². The summed E-state index contributed by atoms with van der Waals surface area (Å²) in [7, 11) is 1.49. The number of aliphatic hydroxyl groups excluding tert-OH is 2. The molecular formula is C19H25N5O5. The number of rotatable bonds is 8. The van der Waals surface area contributed by atoms with Crippen molar-refractivity contribution in [3.63, 3.8) is 0 Å². The summed E-state index contributed by atoms with van der Waals surface area (Å²) in [4.78, 5) is 30.8. The summed E-state index contributed by atoms with van der Waals surface area (Å²) >= 11 is 0. The van der Waals surface area contributed by atoms with Gasteiger partial charge in [0.05, 0.1) is 12.6 Å². The van der Waals surface area contributed by atoms with Crippen molar-refractivity contribution in [1.82, 2.24) is 19.1 Å². The Morgan fingerprint density at radius 2 is 2.07 bits per heavy atom. The monoisotopic (exact) mass is 403 g/mol. The number of aromatic amines is 1. The van der Waals surface area contributed by atoms with Crippen LogP contribution in [0.3, 0.4) is 0 Å². The van der Waals surface area contributed by atoms with E-state index in [1.165, 1.54) is 16.2 Å². The Hall–Kier alpha value is -3.11. The number of benzene rings is 1. The van der Waals surface area contributed by atoms with Gasteiger partial charge >= 0.3 is 5.69 Å². The van der Waals surface area contributed by atoms with E-state index in [1.54, 1.807) is 13.0 Å². The molecule has 0 aliphatic heterocycles. The molecule has 0 amide bonds. The van der Waals surface area contributed by atoms with Crippen molar-refractivity contribution in [3.05, 3.63) is 50.7 Å². The van der Waals surface area contributed by atoms with Gasteiger partial charge in [-0.1, -0.05) is 12.1 Å². The van der Waals surface area contributed by atoms with E-state index in [2.05, 4.69) is 15.3 Å². The van der Waals surface area contributed by atoms with Crippen LogP contribution in [0.15, 0.2) is 33.9 Å². The molecular weight excluding hydrogens is 378 g/mol. The Labute approximate surface area is 166 Å². The summed E-state index contributed by atoms with van der Waals surface area (Å²) in [5.41, 5.74) is 0.174. The molecule has 2 aromatic heterocycles. The fourth-order valence-corrected chi connectivity index (χ4v) is 2.95. The fourth-order valence-electron chi connectivity index (χ4n) is 2.95. The molecule has 0 fully saturated rings. The highest BCUT2D eigenvalue weighted by Gasteiger charge is 2.20. The summed E-state index contributed by atoms with van der Waals surface area (Å²) in [6, 6.07) is 7.45. The van der Waals surface area contributed by atoms with Crippen LogP contribution in [0.2, 0.25) is 0 Å². The summed E-state index contributed by atoms with van der Waals surface area (Å²) < 4.78 is 8.34. The van der Waals surface area contributed by atoms with Crippen molar-refractivity contribution in [2.45, 2.75) is 32.6 Å². The SMILES string of the molecule is Cc1cccc(OC[C@H](O)Cn2c(NC[C@H](C)O)nc3c2c(=O)[nH]c(=O)n3C)c1. The second-order valence-corrected chi connectivity index (χ2v) is 7.05. The van der Waals surface area contributed by atoms with E-state index in [0.29, 0.717) is 5.75 Å². The van der Waals surface area contributed by atoms with Crippen LogP contribution in [0.25, 0.3) is 11.2 Å². The zero-order chi connectivity index (χ0) is 21.1. The quantitative estimate of drug-likeness (QED) is 0.415. The molecule has 4 N–H and O–H groups in total. The molecule has 0 saturated heterocycles. The molecule has 10 heteroatoms. The number of hydrogen-bond acceptors (Lipinski definition) is 7. The molecule has 0 spiro atoms. The fraction of sp³-hybridized carbons (Fsp3) is 0.421. The van der Waals surface area contributed by atoms with Crippen molar-refractivity contribution in [2.75, 3.05) is 18.5 Å². The molecule has 2 heterocycles. The average molecular weight is 403 g/mol. The van der Waals surface area contributed by atoms with E-state index < -0.39 is 23.5 Å². The first-order chi connectivity index (χ1) is 13.8. The van der Waals surface area contributed by atoms with Gasteiger partial charge in [0.1, 0.15) is 18.5 Å². The average Bonchev–Trinajstić information content (AvgIpc) is 3.02. The molecule has 3 rings (SSSR count). The number of H-pyrrole nitrogens is 1. The number of imidazole rings is 1. The van der Waals surface area contributed by atoms with Crippen molar-refractivity contribution >= 4 is 17.1 Å². The number of nitrogens with zero attached hydrogens (tertiary/aromatic N) is 3. The summed E-state index contributed by atoms with van der Waals surface area (Å²) in [5, 5.41) is 23.0. The normalized spacial score (nSPS) is 13.4. The van der Waals surface area contributed by atoms with E-state index in [4.69, 9.17) is 4.74 Å². The topological polar surface area (TPSA) is 134 Å². The van der Waals surface area contributed by atoms with Gasteiger partial charge < -0.3 is 24.8 Å². The minimum Gasteiger partial charge on any atom is -0.491 e. The van der Waals surface area contributed by atoms with E-state index in [9.17, 15) is 19.8 Å². The highest BCUT2D eigenvalue weighted by atomic mass is 16.5. The summed E-state index contributed by atoms with van der Waals surface area (Å²) in [6.07, 6.45) is -1.60. The molecule has 1 aromatic carbocycles. The molecule has 0 saturated carbocycles. The maximum atomic E-state index is 12.4. The van der Waals surface area contributed by atoms with Crippen molar-refractivity contribution in [1.29, 1.82) is 0 Å². The number of nitrogens with one attached hydrogen (secondary N) is 2. The summed E-state index contributed by atoms with van der Waals surface area (Å²) in [5.74, 6) is 0.898. The van der Waals surface area contributed by atoms with Crippen LogP contribution in [-0.2, 0) is 13.6 Å². The van der Waals surface area contributed by atoms with Gasteiger partial charge in [-0.3, -0.25) is 14.3 Å². The number of aromatic nitrogens is 4. The molecule has 0 bridgehead atoms.